The molecule has 0 amide bonds. The number of nitrogens with zero attached hydrogens (tertiary/aromatic N) is 5. The van der Waals surface area contributed by atoms with Gasteiger partial charge >= 0.3 is 23.9 Å². The SMILES string of the molecule is C=C(N=C(/C(C)=C\C)c1ccc(C(F)(F)C(F)(F)C(F)(F)C(F)(F)F)nn1)c1ncccn1. The van der Waals surface area contributed by atoms with Crippen LogP contribution >= 0.6 is 0 Å². The third-order valence-electron chi connectivity index (χ3n) is 4.25. The van der Waals surface area contributed by atoms with E-state index in [4.69, 9.17) is 0 Å². The van der Waals surface area contributed by atoms with E-state index in [1.807, 2.05) is 0 Å². The van der Waals surface area contributed by atoms with Gasteiger partial charge in [-0.15, -0.1) is 10.2 Å². The van der Waals surface area contributed by atoms with Gasteiger partial charge in [0.15, 0.2) is 5.82 Å². The second kappa shape index (κ2) is 8.90. The van der Waals surface area contributed by atoms with Crippen LogP contribution in [0.15, 0.2) is 53.8 Å². The molecular weight excluding hydrogens is 469 g/mol. The Hall–Kier alpha value is -3.32. The standard InChI is InChI=1S/C19H14F9N5/c1-4-10(2)14(31-11(3)15-29-8-5-9-30-15)12-6-7-13(33-32-12)16(20,21)17(22,23)18(24,25)19(26,27)28/h4-9H,3H2,1-2H3/b10-4-,31-14?. The summed E-state index contributed by atoms with van der Waals surface area (Å²) in [5.74, 6) is -19.8. The zero-order chi connectivity index (χ0) is 25.2. The first-order valence-corrected chi connectivity index (χ1v) is 8.81. The van der Waals surface area contributed by atoms with Crippen LogP contribution in [0.5, 0.6) is 0 Å². The molecule has 2 aromatic heterocycles. The normalized spacial score (nSPS) is 14.4. The van der Waals surface area contributed by atoms with E-state index in [2.05, 4.69) is 31.7 Å². The highest BCUT2D eigenvalue weighted by atomic mass is 19.4. The lowest BCUT2D eigenvalue weighted by Gasteiger charge is -2.33. The zero-order valence-corrected chi connectivity index (χ0v) is 16.8. The number of aliphatic imine (C=N–C) groups is 1. The molecule has 14 heteroatoms. The van der Waals surface area contributed by atoms with Gasteiger partial charge in [0, 0.05) is 12.4 Å². The molecule has 2 aromatic rings. The van der Waals surface area contributed by atoms with Crippen molar-refractivity contribution in [3.05, 3.63) is 66.0 Å². The highest BCUT2D eigenvalue weighted by Crippen LogP contribution is 2.56. The van der Waals surface area contributed by atoms with Crippen molar-refractivity contribution in [2.75, 3.05) is 0 Å². The monoisotopic (exact) mass is 483 g/mol. The quantitative estimate of drug-likeness (QED) is 0.379. The number of halogens is 9. The van der Waals surface area contributed by atoms with Gasteiger partial charge in [0.1, 0.15) is 17.1 Å². The average molecular weight is 483 g/mol. The first-order valence-electron chi connectivity index (χ1n) is 8.81. The van der Waals surface area contributed by atoms with Gasteiger partial charge in [-0.2, -0.15) is 39.5 Å². The van der Waals surface area contributed by atoms with Crippen LogP contribution in [0, 0.1) is 0 Å². The maximum Gasteiger partial charge on any atom is 0.460 e. The lowest BCUT2D eigenvalue weighted by atomic mass is 10.0. The van der Waals surface area contributed by atoms with Crippen LogP contribution in [-0.4, -0.2) is 43.9 Å². The maximum absolute atomic E-state index is 14.0. The Kier molecular flexibility index (Phi) is 7.00. The number of rotatable bonds is 7. The average Bonchev–Trinajstić information content (AvgIpc) is 2.76. The van der Waals surface area contributed by atoms with Gasteiger partial charge in [-0.05, 0) is 37.6 Å². The predicted octanol–water partition coefficient (Wildman–Crippen LogP) is 5.62. The molecule has 0 atom stereocenters. The number of hydrogen-bond donors (Lipinski definition) is 0. The number of aromatic nitrogens is 4. The van der Waals surface area contributed by atoms with Crippen LogP contribution in [0.3, 0.4) is 0 Å². The summed E-state index contributed by atoms with van der Waals surface area (Å²) in [5.41, 5.74) is -2.03. The summed E-state index contributed by atoms with van der Waals surface area (Å²) in [6.07, 6.45) is -2.65. The Morgan fingerprint density at radius 1 is 0.909 bits per heavy atom. The van der Waals surface area contributed by atoms with Crippen molar-refractivity contribution in [2.45, 2.75) is 37.8 Å². The molecule has 0 saturated heterocycles. The van der Waals surface area contributed by atoms with Crippen molar-refractivity contribution in [1.82, 2.24) is 20.2 Å². The van der Waals surface area contributed by atoms with E-state index in [1.54, 1.807) is 6.92 Å². The molecule has 0 saturated carbocycles. The lowest BCUT2D eigenvalue weighted by molar-refractivity contribution is -0.400. The lowest BCUT2D eigenvalue weighted by Crippen LogP contribution is -2.59. The molecule has 2 rings (SSSR count). The molecule has 0 fully saturated rings. The molecule has 0 radical (unpaired) electrons. The highest BCUT2D eigenvalue weighted by molar-refractivity contribution is 6.12. The summed E-state index contributed by atoms with van der Waals surface area (Å²) in [6.45, 7) is 6.73. The summed E-state index contributed by atoms with van der Waals surface area (Å²) >= 11 is 0. The third-order valence-corrected chi connectivity index (χ3v) is 4.25. The Morgan fingerprint density at radius 3 is 1.94 bits per heavy atom. The van der Waals surface area contributed by atoms with Crippen molar-refractivity contribution in [3.8, 4) is 0 Å². The number of hydrogen-bond acceptors (Lipinski definition) is 5. The van der Waals surface area contributed by atoms with Gasteiger partial charge in [0.25, 0.3) is 0 Å². The van der Waals surface area contributed by atoms with E-state index >= 15 is 0 Å². The fraction of sp³-hybridized carbons (Fsp3) is 0.316. The molecule has 0 spiro atoms. The summed E-state index contributed by atoms with van der Waals surface area (Å²) in [5, 5.41) is 6.06. The van der Waals surface area contributed by atoms with E-state index < -0.39 is 29.6 Å². The smallest absolute Gasteiger partial charge is 0.243 e. The van der Waals surface area contributed by atoms with Crippen molar-refractivity contribution < 1.29 is 39.5 Å². The maximum atomic E-state index is 14.0. The highest BCUT2D eigenvalue weighted by Gasteiger charge is 2.82. The minimum atomic E-state index is -7.04. The molecule has 5 nitrogen and oxygen atoms in total. The minimum Gasteiger partial charge on any atom is -0.243 e. The molecule has 0 aliphatic heterocycles. The van der Waals surface area contributed by atoms with E-state index in [-0.39, 0.29) is 29.0 Å². The Morgan fingerprint density at radius 2 is 1.48 bits per heavy atom. The van der Waals surface area contributed by atoms with Gasteiger partial charge in [0.2, 0.25) is 0 Å². The summed E-state index contributed by atoms with van der Waals surface area (Å²) < 4.78 is 118. The van der Waals surface area contributed by atoms with Crippen LogP contribution in [0.4, 0.5) is 39.5 Å². The van der Waals surface area contributed by atoms with Crippen molar-refractivity contribution in [2.24, 2.45) is 4.99 Å². The van der Waals surface area contributed by atoms with Crippen LogP contribution in [-0.2, 0) is 5.92 Å². The fourth-order valence-electron chi connectivity index (χ4n) is 2.28. The molecule has 0 N–H and O–H groups in total. The topological polar surface area (TPSA) is 63.9 Å². The fourth-order valence-corrected chi connectivity index (χ4v) is 2.28. The van der Waals surface area contributed by atoms with E-state index in [9.17, 15) is 39.5 Å². The molecule has 0 aliphatic carbocycles. The number of alkyl halides is 9. The summed E-state index contributed by atoms with van der Waals surface area (Å²) in [6, 6.07) is 2.34. The largest absolute Gasteiger partial charge is 0.460 e. The van der Waals surface area contributed by atoms with Gasteiger partial charge < -0.3 is 0 Å². The molecular formula is C19H14F9N5. The van der Waals surface area contributed by atoms with Crippen LogP contribution in [0.1, 0.15) is 31.1 Å². The molecule has 2 heterocycles. The van der Waals surface area contributed by atoms with Gasteiger partial charge in [-0.1, -0.05) is 12.7 Å². The van der Waals surface area contributed by atoms with E-state index in [0.29, 0.717) is 11.6 Å². The van der Waals surface area contributed by atoms with Crippen LogP contribution in [0.2, 0.25) is 0 Å². The zero-order valence-electron chi connectivity index (χ0n) is 16.8. The Labute approximate surface area is 180 Å². The molecule has 0 aromatic carbocycles. The molecule has 178 valence electrons. The summed E-state index contributed by atoms with van der Waals surface area (Å²) in [4.78, 5) is 11.9. The van der Waals surface area contributed by atoms with Crippen molar-refractivity contribution >= 4 is 11.4 Å². The van der Waals surface area contributed by atoms with E-state index in [1.165, 1.54) is 31.5 Å². The molecule has 33 heavy (non-hydrogen) atoms. The minimum absolute atomic E-state index is 0.000593. The second-order valence-electron chi connectivity index (χ2n) is 6.48. The Balaban J connectivity index is 2.50. The third kappa shape index (κ3) is 4.73. The second-order valence-corrected chi connectivity index (χ2v) is 6.48. The first-order chi connectivity index (χ1) is 15.1. The first kappa shape index (κ1) is 25.9. The van der Waals surface area contributed by atoms with Crippen LogP contribution < -0.4 is 0 Å². The predicted molar refractivity (Wildman–Crippen MR) is 98.9 cm³/mol. The summed E-state index contributed by atoms with van der Waals surface area (Å²) in [7, 11) is 0. The molecule has 0 aliphatic rings. The van der Waals surface area contributed by atoms with Crippen molar-refractivity contribution in [3.63, 3.8) is 0 Å². The van der Waals surface area contributed by atoms with Gasteiger partial charge in [-0.25, -0.2) is 15.0 Å². The molecule has 0 bridgehead atoms. The number of allylic oxidation sites excluding steroid dienone is 2. The van der Waals surface area contributed by atoms with Crippen molar-refractivity contribution in [1.29, 1.82) is 0 Å². The van der Waals surface area contributed by atoms with Crippen LogP contribution in [0.25, 0.3) is 5.70 Å². The van der Waals surface area contributed by atoms with E-state index in [0.717, 1.165) is 0 Å². The Bertz CT molecular complexity index is 1060. The van der Waals surface area contributed by atoms with Gasteiger partial charge in [0.05, 0.1) is 5.71 Å². The van der Waals surface area contributed by atoms with Gasteiger partial charge in [-0.3, -0.25) is 0 Å². The molecule has 0 unspecified atom stereocenters.